The normalized spacial score (nSPS) is 13.7. The largest absolute Gasteiger partial charge is 0.374 e. The van der Waals surface area contributed by atoms with Crippen LogP contribution in [0.15, 0.2) is 0 Å². The molecule has 0 bridgehead atoms. The summed E-state index contributed by atoms with van der Waals surface area (Å²) in [6.07, 6.45) is 2.35. The molecule has 86 valence electrons. The van der Waals surface area contributed by atoms with Crippen LogP contribution in [0.5, 0.6) is 0 Å². The van der Waals surface area contributed by atoms with Gasteiger partial charge < -0.3 is 10.5 Å². The van der Waals surface area contributed by atoms with Crippen LogP contribution < -0.4 is 5.73 Å². The van der Waals surface area contributed by atoms with Crippen LogP contribution in [0.25, 0.3) is 0 Å². The van der Waals surface area contributed by atoms with E-state index in [1.54, 1.807) is 0 Å². The molecule has 0 radical (unpaired) electrons. The molecule has 0 heterocycles. The molecule has 2 N–H and O–H groups in total. The summed E-state index contributed by atoms with van der Waals surface area (Å²) in [4.78, 5) is 0. The van der Waals surface area contributed by atoms with Gasteiger partial charge in [-0.25, -0.2) is 0 Å². The van der Waals surface area contributed by atoms with Gasteiger partial charge in [-0.05, 0) is 46.5 Å². The Morgan fingerprint density at radius 2 is 1.64 bits per heavy atom. The molecule has 0 aromatic rings. The van der Waals surface area contributed by atoms with Crippen LogP contribution in [-0.4, -0.2) is 17.7 Å². The highest BCUT2D eigenvalue weighted by atomic mass is 16.5. The minimum atomic E-state index is -0.287. The number of hydrogen-bond acceptors (Lipinski definition) is 2. The summed E-state index contributed by atoms with van der Waals surface area (Å²) in [7, 11) is 0. The first kappa shape index (κ1) is 13.9. The highest BCUT2D eigenvalue weighted by molar-refractivity contribution is 4.91. The Morgan fingerprint density at radius 1 is 1.14 bits per heavy atom. The lowest BCUT2D eigenvalue weighted by Gasteiger charge is -2.38. The first-order chi connectivity index (χ1) is 6.17. The zero-order chi connectivity index (χ0) is 11.4. The fourth-order valence-corrected chi connectivity index (χ4v) is 1.00. The molecule has 0 unspecified atom stereocenters. The Morgan fingerprint density at radius 3 is 2.00 bits per heavy atom. The maximum absolute atomic E-state index is 6.03. The van der Waals surface area contributed by atoms with Crippen LogP contribution in [0.1, 0.15) is 54.4 Å². The highest BCUT2D eigenvalue weighted by Gasteiger charge is 2.33. The van der Waals surface area contributed by atoms with E-state index in [2.05, 4.69) is 27.7 Å². The summed E-state index contributed by atoms with van der Waals surface area (Å²) >= 11 is 0. The van der Waals surface area contributed by atoms with E-state index in [9.17, 15) is 0 Å². The zero-order valence-electron chi connectivity index (χ0n) is 10.7. The van der Waals surface area contributed by atoms with Gasteiger partial charge in [0, 0.05) is 12.1 Å². The van der Waals surface area contributed by atoms with E-state index in [0.29, 0.717) is 0 Å². The van der Waals surface area contributed by atoms with Gasteiger partial charge in [-0.3, -0.25) is 0 Å². The lowest BCUT2D eigenvalue weighted by molar-refractivity contribution is -0.0636. The van der Waals surface area contributed by atoms with Crippen molar-refractivity contribution in [2.24, 2.45) is 11.7 Å². The molecule has 0 aromatic heterocycles. The molecule has 0 saturated carbocycles. The second kappa shape index (κ2) is 5.13. The molecule has 2 nitrogen and oxygen atoms in total. The molecule has 0 spiro atoms. The van der Waals surface area contributed by atoms with Gasteiger partial charge in [0.05, 0.1) is 5.60 Å². The van der Waals surface area contributed by atoms with Crippen LogP contribution in [0, 0.1) is 5.92 Å². The third kappa shape index (κ3) is 4.97. The number of nitrogens with two attached hydrogens (primary N) is 1. The molecule has 0 saturated heterocycles. The predicted octanol–water partition coefficient (Wildman–Crippen LogP) is 2.96. The zero-order valence-corrected chi connectivity index (χ0v) is 10.7. The van der Waals surface area contributed by atoms with E-state index in [4.69, 9.17) is 10.5 Å². The van der Waals surface area contributed by atoms with Gasteiger partial charge in [0.2, 0.25) is 0 Å². The number of rotatable bonds is 6. The molecule has 0 aliphatic rings. The third-order valence-corrected chi connectivity index (χ3v) is 2.94. The lowest BCUT2D eigenvalue weighted by atomic mass is 9.87. The van der Waals surface area contributed by atoms with E-state index in [0.717, 1.165) is 18.9 Å². The predicted molar refractivity (Wildman–Crippen MR) is 62.4 cm³/mol. The molecular weight excluding hydrogens is 174 g/mol. The van der Waals surface area contributed by atoms with Gasteiger partial charge in [-0.2, -0.15) is 0 Å². The monoisotopic (exact) mass is 201 g/mol. The maximum Gasteiger partial charge on any atom is 0.0799 e. The number of hydrogen-bond donors (Lipinski definition) is 1. The van der Waals surface area contributed by atoms with Crippen molar-refractivity contribution in [2.75, 3.05) is 6.61 Å². The summed E-state index contributed by atoms with van der Waals surface area (Å²) in [5.74, 6) is 0.757. The first-order valence-corrected chi connectivity index (χ1v) is 5.59. The van der Waals surface area contributed by atoms with E-state index >= 15 is 0 Å². The van der Waals surface area contributed by atoms with Crippen molar-refractivity contribution in [3.8, 4) is 0 Å². The Kier molecular flexibility index (Phi) is 5.10. The quantitative estimate of drug-likeness (QED) is 0.671. The molecule has 0 rings (SSSR count). The molecule has 0 amide bonds. The summed E-state index contributed by atoms with van der Waals surface area (Å²) < 4.78 is 5.82. The molecule has 0 aromatic carbocycles. The molecule has 0 fully saturated rings. The average Bonchev–Trinajstić information content (AvgIpc) is 1.95. The molecule has 0 aliphatic heterocycles. The standard InChI is InChI=1S/C12H27NO/c1-10(2)8-7-9-14-12(5,6)11(3,4)13/h10H,7-9,13H2,1-6H3. The molecular formula is C12H27NO. The van der Waals surface area contributed by atoms with Crippen molar-refractivity contribution in [1.29, 1.82) is 0 Å². The van der Waals surface area contributed by atoms with Gasteiger partial charge in [0.25, 0.3) is 0 Å². The van der Waals surface area contributed by atoms with Gasteiger partial charge in [-0.15, -0.1) is 0 Å². The van der Waals surface area contributed by atoms with Gasteiger partial charge >= 0.3 is 0 Å². The van der Waals surface area contributed by atoms with Crippen molar-refractivity contribution < 1.29 is 4.74 Å². The van der Waals surface area contributed by atoms with Gasteiger partial charge in [-0.1, -0.05) is 13.8 Å². The Hall–Kier alpha value is -0.0800. The third-order valence-electron chi connectivity index (χ3n) is 2.94. The molecule has 14 heavy (non-hydrogen) atoms. The van der Waals surface area contributed by atoms with Crippen LogP contribution in [0.4, 0.5) is 0 Å². The van der Waals surface area contributed by atoms with Crippen LogP contribution >= 0.6 is 0 Å². The van der Waals surface area contributed by atoms with Crippen molar-refractivity contribution >= 4 is 0 Å². The Balaban J connectivity index is 3.78. The van der Waals surface area contributed by atoms with Crippen molar-refractivity contribution in [1.82, 2.24) is 0 Å². The van der Waals surface area contributed by atoms with Crippen LogP contribution in [-0.2, 0) is 4.74 Å². The van der Waals surface area contributed by atoms with Gasteiger partial charge in [0.15, 0.2) is 0 Å². The molecule has 2 heteroatoms. The second-order valence-electron chi connectivity index (χ2n) is 5.62. The van der Waals surface area contributed by atoms with Crippen LogP contribution in [0.3, 0.4) is 0 Å². The van der Waals surface area contributed by atoms with E-state index in [1.807, 2.05) is 13.8 Å². The smallest absolute Gasteiger partial charge is 0.0799 e. The number of ether oxygens (including phenoxy) is 1. The summed E-state index contributed by atoms with van der Waals surface area (Å²) in [6, 6.07) is 0. The fraction of sp³-hybridized carbons (Fsp3) is 1.00. The SMILES string of the molecule is CC(C)CCCOC(C)(C)C(C)(C)N. The second-order valence-corrected chi connectivity index (χ2v) is 5.62. The first-order valence-electron chi connectivity index (χ1n) is 5.59. The average molecular weight is 201 g/mol. The van der Waals surface area contributed by atoms with Crippen LogP contribution in [0.2, 0.25) is 0 Å². The van der Waals surface area contributed by atoms with E-state index < -0.39 is 0 Å². The minimum Gasteiger partial charge on any atom is -0.374 e. The fourth-order valence-electron chi connectivity index (χ4n) is 1.00. The molecule has 0 atom stereocenters. The minimum absolute atomic E-state index is 0.246. The maximum atomic E-state index is 6.03. The molecule has 0 aliphatic carbocycles. The van der Waals surface area contributed by atoms with Crippen molar-refractivity contribution in [2.45, 2.75) is 65.5 Å². The van der Waals surface area contributed by atoms with E-state index in [-0.39, 0.29) is 11.1 Å². The lowest BCUT2D eigenvalue weighted by Crippen LogP contribution is -2.54. The van der Waals surface area contributed by atoms with Crippen molar-refractivity contribution in [3.05, 3.63) is 0 Å². The summed E-state index contributed by atoms with van der Waals surface area (Å²) in [5, 5.41) is 0. The van der Waals surface area contributed by atoms with Gasteiger partial charge in [0.1, 0.15) is 0 Å². The highest BCUT2D eigenvalue weighted by Crippen LogP contribution is 2.23. The topological polar surface area (TPSA) is 35.2 Å². The van der Waals surface area contributed by atoms with E-state index in [1.165, 1.54) is 6.42 Å². The Bertz CT molecular complexity index is 156. The summed E-state index contributed by atoms with van der Waals surface area (Å²) in [5.41, 5.74) is 5.50. The Labute approximate surface area is 89.2 Å². The summed E-state index contributed by atoms with van der Waals surface area (Å²) in [6.45, 7) is 13.4. The van der Waals surface area contributed by atoms with Crippen molar-refractivity contribution in [3.63, 3.8) is 0 Å².